The molecule has 0 fully saturated rings. The first-order valence-electron chi connectivity index (χ1n) is 6.45. The maximum Gasteiger partial charge on any atom is 0.161 e. The first kappa shape index (κ1) is 12.2. The van der Waals surface area contributed by atoms with Gasteiger partial charge in [0, 0.05) is 23.3 Å². The van der Waals surface area contributed by atoms with E-state index in [1.807, 2.05) is 0 Å². The van der Waals surface area contributed by atoms with Crippen molar-refractivity contribution in [2.75, 3.05) is 0 Å². The van der Waals surface area contributed by atoms with E-state index < -0.39 is 18.3 Å². The lowest BCUT2D eigenvalue weighted by molar-refractivity contribution is -0.0770. The Hall–Kier alpha value is -2.60. The molecule has 0 saturated carbocycles. The predicted octanol–water partition coefficient (Wildman–Crippen LogP) is 1.73. The number of rotatable bonds is 0. The fourth-order valence-electron chi connectivity index (χ4n) is 2.83. The van der Waals surface area contributed by atoms with Crippen molar-refractivity contribution < 1.29 is 29.9 Å². The van der Waals surface area contributed by atoms with Crippen LogP contribution in [-0.2, 0) is 0 Å². The molecule has 0 saturated heterocycles. The molecule has 2 bridgehead atoms. The molecule has 21 heavy (non-hydrogen) atoms. The molecule has 6 nitrogen and oxygen atoms in total. The molecule has 3 atom stereocenters. The van der Waals surface area contributed by atoms with Crippen LogP contribution in [0.25, 0.3) is 0 Å². The van der Waals surface area contributed by atoms with Crippen LogP contribution in [0, 0.1) is 0 Å². The molecule has 0 amide bonds. The monoisotopic (exact) mass is 288 g/mol. The van der Waals surface area contributed by atoms with Gasteiger partial charge in [-0.15, -0.1) is 0 Å². The molecule has 0 radical (unpaired) electrons. The number of hydrogen-bond donors (Lipinski definition) is 4. The highest BCUT2D eigenvalue weighted by molar-refractivity contribution is 5.54. The molecular formula is C15H12O6. The van der Waals surface area contributed by atoms with Crippen LogP contribution in [0.1, 0.15) is 23.3 Å². The number of aliphatic hydroxyl groups is 1. The molecule has 2 aliphatic rings. The van der Waals surface area contributed by atoms with Gasteiger partial charge in [-0.05, 0) is 18.2 Å². The van der Waals surface area contributed by atoms with E-state index in [4.69, 9.17) is 9.47 Å². The van der Waals surface area contributed by atoms with Gasteiger partial charge in [0.25, 0.3) is 0 Å². The van der Waals surface area contributed by atoms with Gasteiger partial charge < -0.3 is 29.9 Å². The summed E-state index contributed by atoms with van der Waals surface area (Å²) in [5, 5.41) is 39.1. The van der Waals surface area contributed by atoms with Crippen molar-refractivity contribution in [2.24, 2.45) is 0 Å². The van der Waals surface area contributed by atoms with Gasteiger partial charge in [-0.2, -0.15) is 0 Å². The van der Waals surface area contributed by atoms with Crippen molar-refractivity contribution in [1.29, 1.82) is 0 Å². The number of aromatic hydroxyl groups is 3. The van der Waals surface area contributed by atoms with Crippen LogP contribution in [0.2, 0.25) is 0 Å². The van der Waals surface area contributed by atoms with E-state index in [1.54, 1.807) is 6.07 Å². The maximum absolute atomic E-state index is 10.4. The Morgan fingerprint density at radius 1 is 0.762 bits per heavy atom. The van der Waals surface area contributed by atoms with Crippen molar-refractivity contribution in [3.63, 3.8) is 0 Å². The molecule has 0 unspecified atom stereocenters. The van der Waals surface area contributed by atoms with Crippen molar-refractivity contribution >= 4 is 0 Å². The Bertz CT molecular complexity index is 741. The summed E-state index contributed by atoms with van der Waals surface area (Å²) in [6.07, 6.45) is -2.34. The molecule has 0 aliphatic carbocycles. The first-order chi connectivity index (χ1) is 10.0. The fraction of sp³-hybridized carbons (Fsp3) is 0.200. The van der Waals surface area contributed by atoms with E-state index in [1.165, 1.54) is 24.3 Å². The summed E-state index contributed by atoms with van der Waals surface area (Å²) in [7, 11) is 0. The second-order valence-electron chi connectivity index (χ2n) is 5.17. The van der Waals surface area contributed by atoms with Crippen LogP contribution in [0.4, 0.5) is 0 Å². The predicted molar refractivity (Wildman–Crippen MR) is 70.6 cm³/mol. The zero-order valence-corrected chi connectivity index (χ0v) is 10.7. The smallest absolute Gasteiger partial charge is 0.161 e. The number of ether oxygens (including phenoxy) is 2. The topological polar surface area (TPSA) is 99.4 Å². The quantitative estimate of drug-likeness (QED) is 0.551. The minimum absolute atomic E-state index is 0.0528. The average Bonchev–Trinajstić information content (AvgIpc) is 2.43. The SMILES string of the molecule is Oc1ccc2c(c1)O[C@@H]1c3cc(O)c(O)cc3O[C@H]2[C@@H]1O. The Kier molecular flexibility index (Phi) is 2.29. The Morgan fingerprint density at radius 3 is 2.14 bits per heavy atom. The zero-order chi connectivity index (χ0) is 14.7. The van der Waals surface area contributed by atoms with Gasteiger partial charge in [-0.3, -0.25) is 0 Å². The van der Waals surface area contributed by atoms with Gasteiger partial charge in [0.05, 0.1) is 0 Å². The van der Waals surface area contributed by atoms with Crippen molar-refractivity contribution in [3.05, 3.63) is 41.5 Å². The van der Waals surface area contributed by atoms with Crippen LogP contribution in [-0.4, -0.2) is 26.5 Å². The lowest BCUT2D eigenvalue weighted by Crippen LogP contribution is -2.40. The molecule has 2 aromatic carbocycles. The van der Waals surface area contributed by atoms with Gasteiger partial charge in [-0.25, -0.2) is 0 Å². The Labute approximate surface area is 119 Å². The summed E-state index contributed by atoms with van der Waals surface area (Å²) in [5.41, 5.74) is 1.07. The standard InChI is InChI=1S/C15H12O6/c16-6-1-2-7-11(3-6)20-15-8-4-9(17)10(18)5-12(8)21-14(7)13(15)19/h1-5,13-19H/t13-,14+,15+/m0/s1. The Balaban J connectivity index is 1.88. The summed E-state index contributed by atoms with van der Waals surface area (Å²) in [5.74, 6) is 0.220. The third kappa shape index (κ3) is 1.62. The maximum atomic E-state index is 10.4. The van der Waals surface area contributed by atoms with Crippen LogP contribution >= 0.6 is 0 Å². The molecule has 2 heterocycles. The van der Waals surface area contributed by atoms with Gasteiger partial charge in [0.15, 0.2) is 23.7 Å². The molecule has 2 aliphatic heterocycles. The highest BCUT2D eigenvalue weighted by atomic mass is 16.5. The average molecular weight is 288 g/mol. The number of hydrogen-bond acceptors (Lipinski definition) is 6. The Morgan fingerprint density at radius 2 is 1.38 bits per heavy atom. The summed E-state index contributed by atoms with van der Waals surface area (Å²) >= 11 is 0. The largest absolute Gasteiger partial charge is 0.508 e. The van der Waals surface area contributed by atoms with Crippen LogP contribution in [0.3, 0.4) is 0 Å². The molecule has 4 rings (SSSR count). The number of phenols is 3. The number of aliphatic hydroxyl groups excluding tert-OH is 1. The van der Waals surface area contributed by atoms with E-state index in [9.17, 15) is 20.4 Å². The van der Waals surface area contributed by atoms with Crippen LogP contribution < -0.4 is 9.47 Å². The summed E-state index contributed by atoms with van der Waals surface area (Å²) in [4.78, 5) is 0. The van der Waals surface area contributed by atoms with E-state index in [0.717, 1.165) is 0 Å². The molecule has 6 heteroatoms. The molecule has 4 N–H and O–H groups in total. The van der Waals surface area contributed by atoms with Crippen molar-refractivity contribution in [3.8, 4) is 28.7 Å². The first-order valence-corrected chi connectivity index (χ1v) is 6.45. The van der Waals surface area contributed by atoms with E-state index >= 15 is 0 Å². The van der Waals surface area contributed by atoms with E-state index in [2.05, 4.69) is 0 Å². The highest BCUT2D eigenvalue weighted by Crippen LogP contribution is 2.52. The van der Waals surface area contributed by atoms with Gasteiger partial charge >= 0.3 is 0 Å². The molecule has 0 spiro atoms. The number of fused-ring (bicyclic) bond motifs is 6. The molecule has 0 aromatic heterocycles. The molecular weight excluding hydrogens is 276 g/mol. The molecule has 108 valence electrons. The lowest BCUT2D eigenvalue weighted by atomic mass is 9.89. The minimum atomic E-state index is -0.946. The number of benzene rings is 2. The summed E-state index contributed by atoms with van der Waals surface area (Å²) in [6.45, 7) is 0. The summed E-state index contributed by atoms with van der Waals surface area (Å²) < 4.78 is 11.5. The van der Waals surface area contributed by atoms with Crippen molar-refractivity contribution in [1.82, 2.24) is 0 Å². The van der Waals surface area contributed by atoms with Gasteiger partial charge in [0.2, 0.25) is 0 Å². The minimum Gasteiger partial charge on any atom is -0.508 e. The van der Waals surface area contributed by atoms with E-state index in [0.29, 0.717) is 22.6 Å². The third-order valence-corrected chi connectivity index (χ3v) is 3.85. The fourth-order valence-corrected chi connectivity index (χ4v) is 2.83. The summed E-state index contributed by atoms with van der Waals surface area (Å²) in [6, 6.07) is 7.17. The highest BCUT2D eigenvalue weighted by Gasteiger charge is 2.45. The normalized spacial score (nSPS) is 25.3. The second kappa shape index (κ2) is 3.95. The van der Waals surface area contributed by atoms with Crippen molar-refractivity contribution in [2.45, 2.75) is 18.3 Å². The van der Waals surface area contributed by atoms with Crippen LogP contribution in [0.15, 0.2) is 30.3 Å². The van der Waals surface area contributed by atoms with Gasteiger partial charge in [-0.1, -0.05) is 0 Å². The van der Waals surface area contributed by atoms with Gasteiger partial charge in [0.1, 0.15) is 23.4 Å². The zero-order valence-electron chi connectivity index (χ0n) is 10.7. The van der Waals surface area contributed by atoms with E-state index in [-0.39, 0.29) is 17.2 Å². The molecule has 2 aromatic rings. The second-order valence-corrected chi connectivity index (χ2v) is 5.17. The number of phenolic OH excluding ortho intramolecular Hbond substituents is 3. The van der Waals surface area contributed by atoms with Crippen LogP contribution in [0.5, 0.6) is 28.7 Å². The third-order valence-electron chi connectivity index (χ3n) is 3.85. The lowest BCUT2D eigenvalue weighted by Gasteiger charge is -2.41.